The second-order valence-electron chi connectivity index (χ2n) is 13.1. The number of fused-ring (bicyclic) bond motifs is 1. The number of para-hydroxylation sites is 1. The van der Waals surface area contributed by atoms with Crippen LogP contribution in [0.25, 0.3) is 22.0 Å². The molecule has 1 atom stereocenters. The number of nitrogens with two attached hydrogens (primary N) is 1. The molecule has 266 valence electrons. The van der Waals surface area contributed by atoms with Crippen LogP contribution in [0.3, 0.4) is 0 Å². The number of rotatable bonds is 11. The lowest BCUT2D eigenvalue weighted by atomic mass is 9.72. The molecule has 1 fully saturated rings. The molecule has 0 spiro atoms. The van der Waals surface area contributed by atoms with Gasteiger partial charge < -0.3 is 20.3 Å². The molecule has 0 bridgehead atoms. The third kappa shape index (κ3) is 7.31. The van der Waals surface area contributed by atoms with Crippen LogP contribution in [-0.4, -0.2) is 46.7 Å². The predicted molar refractivity (Wildman–Crippen MR) is 186 cm³/mol. The van der Waals surface area contributed by atoms with Gasteiger partial charge in [-0.2, -0.15) is 13.2 Å². The molecule has 5 aromatic rings. The molecule has 4 aromatic carbocycles. The van der Waals surface area contributed by atoms with Gasteiger partial charge in [0.2, 0.25) is 5.91 Å². The molecule has 2 heterocycles. The number of hydrogen-bond donors (Lipinski definition) is 2. The minimum Gasteiger partial charge on any atom is -0.395 e. The van der Waals surface area contributed by atoms with Crippen LogP contribution >= 0.6 is 0 Å². The summed E-state index contributed by atoms with van der Waals surface area (Å²) in [5, 5.41) is 9.95. The van der Waals surface area contributed by atoms with Gasteiger partial charge in [-0.05, 0) is 97.3 Å². The molecule has 6 nitrogen and oxygen atoms in total. The number of benzene rings is 4. The van der Waals surface area contributed by atoms with Gasteiger partial charge in [-0.25, -0.2) is 8.78 Å². The quantitative estimate of drug-likeness (QED) is 0.147. The second-order valence-corrected chi connectivity index (χ2v) is 13.1. The minimum atomic E-state index is -4.45. The number of carbonyl (C=O) groups is 1. The molecule has 1 aliphatic rings. The van der Waals surface area contributed by atoms with E-state index >= 15 is 0 Å². The number of hydrogen-bond acceptors (Lipinski definition) is 4. The lowest BCUT2D eigenvalue weighted by Gasteiger charge is -2.46. The van der Waals surface area contributed by atoms with Crippen molar-refractivity contribution in [3.8, 4) is 11.1 Å². The molecular formula is C40H38F5N3O3. The molecule has 1 aliphatic heterocycles. The Morgan fingerprint density at radius 2 is 1.49 bits per heavy atom. The monoisotopic (exact) mass is 703 g/mol. The fourth-order valence-electron chi connectivity index (χ4n) is 7.54. The van der Waals surface area contributed by atoms with Gasteiger partial charge in [0.25, 0.3) is 0 Å². The van der Waals surface area contributed by atoms with E-state index in [0.717, 1.165) is 23.8 Å². The van der Waals surface area contributed by atoms with Crippen molar-refractivity contribution in [1.82, 2.24) is 9.47 Å². The van der Waals surface area contributed by atoms with Crippen molar-refractivity contribution >= 4 is 16.8 Å². The standard InChI is InChI=1S/C40H38F5N3O3/c41-34-6-3-4-29(37(34)42)14-17-32-24-36(50)33-5-1-2-7-35(33)48(32)39(38(46)51,30-18-20-47(21-19-30)22-23-49)25-26-8-10-27(11-9-26)28-12-15-31(16-13-28)40(43,44)45/h1-13,15-16,24,30,49H,14,17-23,25H2,(H2,46,51). The van der Waals surface area contributed by atoms with Gasteiger partial charge in [0.15, 0.2) is 17.1 Å². The lowest BCUT2D eigenvalue weighted by molar-refractivity contribution is -0.137. The van der Waals surface area contributed by atoms with Crippen molar-refractivity contribution < 1.29 is 31.9 Å². The molecule has 11 heteroatoms. The van der Waals surface area contributed by atoms with Crippen molar-refractivity contribution in [2.45, 2.75) is 43.8 Å². The van der Waals surface area contributed by atoms with Crippen LogP contribution in [0.5, 0.6) is 0 Å². The molecule has 6 rings (SSSR count). The Labute approximate surface area is 291 Å². The first-order valence-corrected chi connectivity index (χ1v) is 16.9. The Kier molecular flexibility index (Phi) is 10.4. The summed E-state index contributed by atoms with van der Waals surface area (Å²) in [6.07, 6.45) is -3.09. The summed E-state index contributed by atoms with van der Waals surface area (Å²) < 4.78 is 70.3. The number of nitrogens with zero attached hydrogens (tertiary/aromatic N) is 2. The summed E-state index contributed by atoms with van der Waals surface area (Å²) in [5.74, 6) is -2.90. The topological polar surface area (TPSA) is 88.6 Å². The molecule has 1 aromatic heterocycles. The molecule has 1 unspecified atom stereocenters. The van der Waals surface area contributed by atoms with Crippen LogP contribution in [0.15, 0.2) is 102 Å². The van der Waals surface area contributed by atoms with Crippen molar-refractivity contribution in [2.75, 3.05) is 26.2 Å². The SMILES string of the molecule is NC(=O)C(Cc1ccc(-c2ccc(C(F)(F)F)cc2)cc1)(C1CCN(CCO)CC1)n1c(CCc2cccc(F)c2F)cc(=O)c2ccccc21. The van der Waals surface area contributed by atoms with E-state index in [9.17, 15) is 36.6 Å². The van der Waals surface area contributed by atoms with E-state index in [2.05, 4.69) is 4.90 Å². The van der Waals surface area contributed by atoms with Gasteiger partial charge in [0.05, 0.1) is 17.7 Å². The average molecular weight is 704 g/mol. The van der Waals surface area contributed by atoms with E-state index in [1.165, 1.54) is 30.3 Å². The van der Waals surface area contributed by atoms with Crippen LogP contribution in [0.1, 0.15) is 35.2 Å². The van der Waals surface area contributed by atoms with Gasteiger partial charge in [-0.15, -0.1) is 0 Å². The Hall–Kier alpha value is -4.87. The lowest BCUT2D eigenvalue weighted by Crippen LogP contribution is -2.57. The predicted octanol–water partition coefficient (Wildman–Crippen LogP) is 6.88. The number of piperidine rings is 1. The summed E-state index contributed by atoms with van der Waals surface area (Å²) in [6, 6.07) is 24.4. The molecule has 0 aliphatic carbocycles. The zero-order valence-corrected chi connectivity index (χ0v) is 27.8. The number of aromatic nitrogens is 1. The highest BCUT2D eigenvalue weighted by atomic mass is 19.4. The fourth-order valence-corrected chi connectivity index (χ4v) is 7.54. The number of alkyl halides is 3. The first kappa shape index (κ1) is 35.9. The Bertz CT molecular complexity index is 2070. The highest BCUT2D eigenvalue weighted by Gasteiger charge is 2.48. The minimum absolute atomic E-state index is 0.0119. The van der Waals surface area contributed by atoms with Crippen molar-refractivity contribution in [1.29, 1.82) is 0 Å². The largest absolute Gasteiger partial charge is 0.416 e. The molecule has 1 amide bonds. The van der Waals surface area contributed by atoms with Gasteiger partial charge in [0.1, 0.15) is 5.54 Å². The van der Waals surface area contributed by atoms with Crippen LogP contribution in [0, 0.1) is 17.6 Å². The summed E-state index contributed by atoms with van der Waals surface area (Å²) in [6.45, 7) is 1.65. The van der Waals surface area contributed by atoms with Gasteiger partial charge in [-0.1, -0.05) is 60.7 Å². The van der Waals surface area contributed by atoms with E-state index in [0.29, 0.717) is 60.2 Å². The number of pyridine rings is 1. The van der Waals surface area contributed by atoms with Crippen molar-refractivity contribution in [3.63, 3.8) is 0 Å². The highest BCUT2D eigenvalue weighted by molar-refractivity contribution is 5.88. The molecule has 0 saturated carbocycles. The van der Waals surface area contributed by atoms with Crippen LogP contribution in [-0.2, 0) is 35.8 Å². The number of β-amino-alcohol motifs (C(OH)–C–C–N with tert-alkyl or cyclic N) is 1. The molecule has 1 saturated heterocycles. The third-order valence-electron chi connectivity index (χ3n) is 10.2. The molecule has 3 N–H and O–H groups in total. The maximum absolute atomic E-state index is 14.8. The number of likely N-dealkylation sites (tertiary alicyclic amines) is 1. The molecule has 0 radical (unpaired) electrons. The summed E-state index contributed by atoms with van der Waals surface area (Å²) in [5.41, 5.74) is 7.10. The summed E-state index contributed by atoms with van der Waals surface area (Å²) >= 11 is 0. The maximum Gasteiger partial charge on any atom is 0.416 e. The second kappa shape index (κ2) is 14.8. The number of halogens is 5. The molecular weight excluding hydrogens is 665 g/mol. The van der Waals surface area contributed by atoms with E-state index < -0.39 is 34.8 Å². The van der Waals surface area contributed by atoms with Gasteiger partial charge in [0, 0.05) is 30.1 Å². The summed E-state index contributed by atoms with van der Waals surface area (Å²) in [7, 11) is 0. The van der Waals surface area contributed by atoms with Crippen molar-refractivity contribution in [3.05, 3.63) is 141 Å². The van der Waals surface area contributed by atoms with E-state index in [1.54, 1.807) is 36.4 Å². The summed E-state index contributed by atoms with van der Waals surface area (Å²) in [4.78, 5) is 29.9. The van der Waals surface area contributed by atoms with Gasteiger partial charge in [-0.3, -0.25) is 9.59 Å². The Balaban J connectivity index is 1.48. The Morgan fingerprint density at radius 1 is 0.843 bits per heavy atom. The van der Waals surface area contributed by atoms with Gasteiger partial charge >= 0.3 is 6.18 Å². The third-order valence-corrected chi connectivity index (χ3v) is 10.2. The zero-order valence-electron chi connectivity index (χ0n) is 27.8. The Morgan fingerprint density at radius 3 is 2.12 bits per heavy atom. The smallest absolute Gasteiger partial charge is 0.395 e. The fraction of sp³-hybridized carbons (Fsp3) is 0.300. The van der Waals surface area contributed by atoms with Crippen LogP contribution in [0.4, 0.5) is 22.0 Å². The maximum atomic E-state index is 14.8. The van der Waals surface area contributed by atoms with Crippen LogP contribution in [0.2, 0.25) is 0 Å². The van der Waals surface area contributed by atoms with E-state index in [4.69, 9.17) is 5.73 Å². The van der Waals surface area contributed by atoms with Crippen molar-refractivity contribution in [2.24, 2.45) is 11.7 Å². The van der Waals surface area contributed by atoms with Crippen LogP contribution < -0.4 is 11.2 Å². The average Bonchev–Trinajstić information content (AvgIpc) is 3.12. The van der Waals surface area contributed by atoms with E-state index in [1.807, 2.05) is 16.7 Å². The number of aliphatic hydroxyl groups excluding tert-OH is 1. The van der Waals surface area contributed by atoms with E-state index in [-0.39, 0.29) is 42.8 Å². The molecule has 51 heavy (non-hydrogen) atoms. The number of aliphatic hydroxyl groups is 1. The number of primary amides is 1. The first-order chi connectivity index (χ1) is 24.4. The normalized spacial score (nSPS) is 15.6. The number of carbonyl (C=O) groups excluding carboxylic acids is 1. The highest BCUT2D eigenvalue weighted by Crippen LogP contribution is 2.41. The first-order valence-electron chi connectivity index (χ1n) is 16.9. The zero-order chi connectivity index (χ0) is 36.3. The number of aryl methyl sites for hydroxylation is 2. The number of amides is 1.